The number of phenolic OH excluding ortho intramolecular Hbond substituents is 1. The first-order chi connectivity index (χ1) is 12.6. The van der Waals surface area contributed by atoms with E-state index >= 15 is 0 Å². The van der Waals surface area contributed by atoms with Crippen molar-refractivity contribution < 1.29 is 9.84 Å². The number of rotatable bonds is 4. The number of fused-ring (bicyclic) bond motifs is 3. The number of allylic oxidation sites excluding steroid dienone is 2. The van der Waals surface area contributed by atoms with E-state index in [-0.39, 0.29) is 22.7 Å². The molecule has 1 aliphatic heterocycles. The highest BCUT2D eigenvalue weighted by molar-refractivity contribution is 6.35. The summed E-state index contributed by atoms with van der Waals surface area (Å²) in [5.74, 6) is 1.58. The van der Waals surface area contributed by atoms with Crippen molar-refractivity contribution >= 4 is 28.9 Å². The van der Waals surface area contributed by atoms with Gasteiger partial charge in [0.25, 0.3) is 0 Å². The number of halogens is 2. The Kier molecular flexibility index (Phi) is 4.76. The predicted molar refractivity (Wildman–Crippen MR) is 107 cm³/mol. The molecular weight excluding hydrogens is 369 g/mol. The molecule has 2 aromatic carbocycles. The fourth-order valence-corrected chi connectivity index (χ4v) is 4.52. The molecule has 0 amide bonds. The molecule has 2 N–H and O–H groups in total. The second-order valence-corrected chi connectivity index (χ2v) is 7.74. The molecule has 3 nitrogen and oxygen atoms in total. The molecule has 2 aromatic rings. The topological polar surface area (TPSA) is 41.5 Å². The van der Waals surface area contributed by atoms with Crippen LogP contribution in [0.3, 0.4) is 0 Å². The minimum absolute atomic E-state index is 0.0545. The zero-order chi connectivity index (χ0) is 18.3. The summed E-state index contributed by atoms with van der Waals surface area (Å²) in [6.07, 6.45) is 6.38. The van der Waals surface area contributed by atoms with Gasteiger partial charge in [0.05, 0.1) is 17.7 Å². The van der Waals surface area contributed by atoms with E-state index in [0.29, 0.717) is 17.5 Å². The molecule has 0 saturated carbocycles. The maximum atomic E-state index is 10.5. The Morgan fingerprint density at radius 2 is 2.04 bits per heavy atom. The van der Waals surface area contributed by atoms with Crippen molar-refractivity contribution in [2.24, 2.45) is 5.92 Å². The Labute approximate surface area is 163 Å². The van der Waals surface area contributed by atoms with Crippen LogP contribution < -0.4 is 10.1 Å². The van der Waals surface area contributed by atoms with E-state index in [1.165, 1.54) is 5.56 Å². The largest absolute Gasteiger partial charge is 0.506 e. The first-order valence-electron chi connectivity index (χ1n) is 8.96. The van der Waals surface area contributed by atoms with E-state index in [2.05, 4.69) is 36.5 Å². The van der Waals surface area contributed by atoms with Crippen LogP contribution in [0, 0.1) is 5.92 Å². The smallest absolute Gasteiger partial charge is 0.139 e. The van der Waals surface area contributed by atoms with Crippen molar-refractivity contribution in [2.75, 3.05) is 11.9 Å². The highest BCUT2D eigenvalue weighted by Gasteiger charge is 2.39. The summed E-state index contributed by atoms with van der Waals surface area (Å²) in [6, 6.07) is 9.49. The Hall–Kier alpha value is -1.84. The van der Waals surface area contributed by atoms with Crippen LogP contribution in [0.15, 0.2) is 42.5 Å². The number of aromatic hydroxyl groups is 1. The third-order valence-corrected chi connectivity index (χ3v) is 5.71. The summed E-state index contributed by atoms with van der Waals surface area (Å²) in [5, 5.41) is 14.9. The number of phenols is 1. The summed E-state index contributed by atoms with van der Waals surface area (Å²) in [4.78, 5) is 0. The highest BCUT2D eigenvalue weighted by Crippen LogP contribution is 2.52. The monoisotopic (exact) mass is 389 g/mol. The van der Waals surface area contributed by atoms with Crippen LogP contribution in [0.2, 0.25) is 10.0 Å². The van der Waals surface area contributed by atoms with Gasteiger partial charge >= 0.3 is 0 Å². The molecule has 136 valence electrons. The summed E-state index contributed by atoms with van der Waals surface area (Å²) < 4.78 is 5.81. The lowest BCUT2D eigenvalue weighted by molar-refractivity contribution is 0.316. The van der Waals surface area contributed by atoms with E-state index in [0.717, 1.165) is 29.8 Å². The maximum absolute atomic E-state index is 10.5. The van der Waals surface area contributed by atoms with Crippen molar-refractivity contribution in [3.05, 3.63) is 63.7 Å². The minimum Gasteiger partial charge on any atom is -0.506 e. The molecule has 0 spiro atoms. The van der Waals surface area contributed by atoms with E-state index < -0.39 is 0 Å². The average Bonchev–Trinajstić information content (AvgIpc) is 3.12. The van der Waals surface area contributed by atoms with Gasteiger partial charge in [-0.2, -0.15) is 0 Å². The van der Waals surface area contributed by atoms with Gasteiger partial charge in [-0.3, -0.25) is 0 Å². The van der Waals surface area contributed by atoms with Crippen LogP contribution in [0.4, 0.5) is 5.69 Å². The molecule has 0 radical (unpaired) electrons. The van der Waals surface area contributed by atoms with Gasteiger partial charge in [-0.1, -0.05) is 42.3 Å². The zero-order valence-corrected chi connectivity index (χ0v) is 16.0. The molecule has 0 saturated heterocycles. The van der Waals surface area contributed by atoms with Crippen molar-refractivity contribution in [2.45, 2.75) is 31.7 Å². The van der Waals surface area contributed by atoms with Gasteiger partial charge in [-0.05, 0) is 54.7 Å². The van der Waals surface area contributed by atoms with Gasteiger partial charge in [0, 0.05) is 22.2 Å². The molecule has 0 fully saturated rings. The molecule has 0 aromatic heterocycles. The first kappa shape index (κ1) is 17.6. The number of hydrogen-bond acceptors (Lipinski definition) is 3. The quantitative estimate of drug-likeness (QED) is 0.601. The van der Waals surface area contributed by atoms with Crippen molar-refractivity contribution in [3.8, 4) is 11.5 Å². The number of nitrogens with one attached hydrogen (secondary N) is 1. The van der Waals surface area contributed by atoms with E-state index in [4.69, 9.17) is 27.9 Å². The van der Waals surface area contributed by atoms with Gasteiger partial charge in [-0.25, -0.2) is 0 Å². The summed E-state index contributed by atoms with van der Waals surface area (Å²) in [7, 11) is 0. The van der Waals surface area contributed by atoms with Crippen LogP contribution >= 0.6 is 23.2 Å². The van der Waals surface area contributed by atoms with E-state index in [1.807, 2.05) is 6.07 Å². The Bertz CT molecular complexity index is 865. The van der Waals surface area contributed by atoms with E-state index in [9.17, 15) is 5.11 Å². The molecule has 0 bridgehead atoms. The third-order valence-electron chi connectivity index (χ3n) is 5.20. The maximum Gasteiger partial charge on any atom is 0.139 e. The summed E-state index contributed by atoms with van der Waals surface area (Å²) in [5.41, 5.74) is 3.04. The van der Waals surface area contributed by atoms with Gasteiger partial charge in [0.1, 0.15) is 11.5 Å². The first-order valence-corrected chi connectivity index (χ1v) is 9.72. The van der Waals surface area contributed by atoms with Gasteiger partial charge in [0.15, 0.2) is 0 Å². The number of hydrogen-bond donors (Lipinski definition) is 2. The standard InChI is InChI=1S/C21H21Cl2NO2/c1-2-8-26-13-6-7-19-16(11-13)14-4-3-5-15(14)20(24-19)17-9-12(22)10-18(23)21(17)25/h3-4,6-7,9-11,14-15,20,24-25H,2,5,8H2,1H3. The molecule has 1 heterocycles. The van der Waals surface area contributed by atoms with Crippen LogP contribution in [-0.4, -0.2) is 11.7 Å². The zero-order valence-electron chi connectivity index (χ0n) is 14.5. The minimum atomic E-state index is -0.0545. The number of ether oxygens (including phenoxy) is 1. The average molecular weight is 390 g/mol. The Balaban J connectivity index is 1.74. The third kappa shape index (κ3) is 3.04. The molecule has 2 aliphatic rings. The number of benzene rings is 2. The van der Waals surface area contributed by atoms with Crippen LogP contribution in [0.1, 0.15) is 42.9 Å². The summed E-state index contributed by atoms with van der Waals surface area (Å²) >= 11 is 12.4. The lowest BCUT2D eigenvalue weighted by Gasteiger charge is -2.38. The van der Waals surface area contributed by atoms with Crippen LogP contribution in [0.5, 0.6) is 11.5 Å². The van der Waals surface area contributed by atoms with Crippen molar-refractivity contribution in [1.82, 2.24) is 0 Å². The molecule has 1 aliphatic carbocycles. The van der Waals surface area contributed by atoms with Gasteiger partial charge < -0.3 is 15.2 Å². The second kappa shape index (κ2) is 7.05. The fraction of sp³-hybridized carbons (Fsp3) is 0.333. The number of anilines is 1. The van der Waals surface area contributed by atoms with E-state index in [1.54, 1.807) is 12.1 Å². The molecule has 4 rings (SSSR count). The molecule has 3 unspecified atom stereocenters. The summed E-state index contributed by atoms with van der Waals surface area (Å²) in [6.45, 7) is 2.82. The van der Waals surface area contributed by atoms with Crippen molar-refractivity contribution in [3.63, 3.8) is 0 Å². The molecular formula is C21H21Cl2NO2. The predicted octanol–water partition coefficient (Wildman–Crippen LogP) is 6.31. The van der Waals surface area contributed by atoms with Crippen LogP contribution in [0.25, 0.3) is 0 Å². The Morgan fingerprint density at radius 1 is 1.19 bits per heavy atom. The lowest BCUT2D eigenvalue weighted by atomic mass is 9.77. The molecule has 5 heteroatoms. The van der Waals surface area contributed by atoms with Gasteiger partial charge in [-0.15, -0.1) is 0 Å². The van der Waals surface area contributed by atoms with Crippen LogP contribution in [-0.2, 0) is 0 Å². The fourth-order valence-electron chi connectivity index (χ4n) is 4.01. The highest BCUT2D eigenvalue weighted by atomic mass is 35.5. The molecule has 26 heavy (non-hydrogen) atoms. The lowest BCUT2D eigenvalue weighted by Crippen LogP contribution is -2.29. The Morgan fingerprint density at radius 3 is 2.85 bits per heavy atom. The second-order valence-electron chi connectivity index (χ2n) is 6.90. The normalized spacial score (nSPS) is 23.3. The molecule has 3 atom stereocenters. The van der Waals surface area contributed by atoms with Gasteiger partial charge in [0.2, 0.25) is 0 Å². The SMILES string of the molecule is CCCOc1ccc2c(c1)C1C=CCC1C(c1cc(Cl)cc(Cl)c1O)N2. The van der Waals surface area contributed by atoms with Crippen molar-refractivity contribution in [1.29, 1.82) is 0 Å².